The number of likely N-dealkylation sites (tertiary alicyclic amines) is 1. The molecule has 0 radical (unpaired) electrons. The zero-order chi connectivity index (χ0) is 15.7. The van der Waals surface area contributed by atoms with Gasteiger partial charge in [0.1, 0.15) is 0 Å². The number of hydrogen-bond acceptors (Lipinski definition) is 3. The molecular formula is C17H19BrN2O2. The van der Waals surface area contributed by atoms with Crippen molar-refractivity contribution in [3.05, 3.63) is 40.5 Å². The predicted octanol–water partition coefficient (Wildman–Crippen LogP) is 4.51. The summed E-state index contributed by atoms with van der Waals surface area (Å²) in [6.45, 7) is 4.20. The molecule has 0 bridgehead atoms. The van der Waals surface area contributed by atoms with Crippen LogP contribution in [0.2, 0.25) is 0 Å². The van der Waals surface area contributed by atoms with Crippen molar-refractivity contribution >= 4 is 21.8 Å². The van der Waals surface area contributed by atoms with E-state index in [9.17, 15) is 4.79 Å². The van der Waals surface area contributed by atoms with Crippen LogP contribution in [0.15, 0.2) is 39.3 Å². The molecule has 1 amide bonds. The van der Waals surface area contributed by atoms with E-state index in [0.717, 1.165) is 22.9 Å². The molecule has 3 rings (SSSR count). The lowest BCUT2D eigenvalue weighted by molar-refractivity contribution is 0.0500. The fourth-order valence-electron chi connectivity index (χ4n) is 3.08. The third kappa shape index (κ3) is 2.95. The summed E-state index contributed by atoms with van der Waals surface area (Å²) >= 11 is 3.40. The summed E-state index contributed by atoms with van der Waals surface area (Å²) in [7, 11) is 0. The first-order valence-corrected chi connectivity index (χ1v) is 8.41. The van der Waals surface area contributed by atoms with Crippen LogP contribution < -0.4 is 0 Å². The molecule has 1 aromatic carbocycles. The molecule has 1 fully saturated rings. The summed E-state index contributed by atoms with van der Waals surface area (Å²) in [5, 5.41) is 3.98. The van der Waals surface area contributed by atoms with E-state index in [1.165, 1.54) is 6.42 Å². The minimum atomic E-state index is -0.0354. The zero-order valence-electron chi connectivity index (χ0n) is 12.8. The first-order valence-electron chi connectivity index (χ1n) is 7.61. The number of carbonyl (C=O) groups excluding carboxylic acids is 1. The van der Waals surface area contributed by atoms with Crippen molar-refractivity contribution in [2.24, 2.45) is 0 Å². The van der Waals surface area contributed by atoms with E-state index < -0.39 is 0 Å². The van der Waals surface area contributed by atoms with Crippen molar-refractivity contribution in [1.82, 2.24) is 10.1 Å². The number of hydrogen-bond donors (Lipinski definition) is 0. The van der Waals surface area contributed by atoms with Gasteiger partial charge in [0, 0.05) is 28.2 Å². The van der Waals surface area contributed by atoms with E-state index >= 15 is 0 Å². The van der Waals surface area contributed by atoms with Crippen LogP contribution in [0, 0.1) is 0 Å². The third-order valence-electron chi connectivity index (χ3n) is 4.29. The lowest BCUT2D eigenvalue weighted by Crippen LogP contribution is -2.47. The molecule has 0 spiro atoms. The molecule has 116 valence electrons. The van der Waals surface area contributed by atoms with E-state index in [4.69, 9.17) is 4.52 Å². The van der Waals surface area contributed by atoms with Crippen LogP contribution in [0.4, 0.5) is 0 Å². The molecule has 5 heteroatoms. The number of carbonyl (C=O) groups is 1. The largest absolute Gasteiger partial charge is 0.355 e. The number of halogens is 1. The van der Waals surface area contributed by atoms with Crippen molar-refractivity contribution in [2.45, 2.75) is 45.2 Å². The number of rotatable bonds is 2. The van der Waals surface area contributed by atoms with Crippen LogP contribution in [0.1, 0.15) is 43.6 Å². The van der Waals surface area contributed by atoms with E-state index in [1.54, 1.807) is 6.07 Å². The second-order valence-electron chi connectivity index (χ2n) is 5.92. The molecule has 0 aliphatic carbocycles. The zero-order valence-corrected chi connectivity index (χ0v) is 14.3. The van der Waals surface area contributed by atoms with E-state index in [-0.39, 0.29) is 18.0 Å². The lowest BCUT2D eigenvalue weighted by atomic mass is 9.97. The molecule has 0 saturated carbocycles. The van der Waals surface area contributed by atoms with Gasteiger partial charge < -0.3 is 9.42 Å². The first-order chi connectivity index (χ1) is 10.6. The smallest absolute Gasteiger partial charge is 0.276 e. The van der Waals surface area contributed by atoms with Gasteiger partial charge in [-0.3, -0.25) is 4.79 Å². The Morgan fingerprint density at radius 1 is 1.23 bits per heavy atom. The predicted molar refractivity (Wildman–Crippen MR) is 88.6 cm³/mol. The van der Waals surface area contributed by atoms with Crippen LogP contribution in [-0.4, -0.2) is 28.0 Å². The Morgan fingerprint density at radius 2 is 1.86 bits per heavy atom. The number of nitrogens with zero attached hydrogens (tertiary/aromatic N) is 2. The van der Waals surface area contributed by atoms with Crippen molar-refractivity contribution in [1.29, 1.82) is 0 Å². The summed E-state index contributed by atoms with van der Waals surface area (Å²) < 4.78 is 6.36. The highest BCUT2D eigenvalue weighted by Crippen LogP contribution is 2.27. The average molecular weight is 363 g/mol. The summed E-state index contributed by atoms with van der Waals surface area (Å²) in [5.41, 5.74) is 1.30. The fourth-order valence-corrected chi connectivity index (χ4v) is 3.34. The van der Waals surface area contributed by atoms with Crippen molar-refractivity contribution < 1.29 is 9.32 Å². The van der Waals surface area contributed by atoms with Crippen LogP contribution >= 0.6 is 15.9 Å². The topological polar surface area (TPSA) is 46.3 Å². The number of amides is 1. The molecule has 22 heavy (non-hydrogen) atoms. The standard InChI is InChI=1S/C17H19BrN2O2/c1-11-4-3-5-12(2)20(11)17(21)15-10-16(22-19-15)13-6-8-14(18)9-7-13/h6-12H,3-5H2,1-2H3. The molecule has 2 heterocycles. The van der Waals surface area contributed by atoms with Gasteiger partial charge in [-0.2, -0.15) is 0 Å². The van der Waals surface area contributed by atoms with Gasteiger partial charge in [-0.15, -0.1) is 0 Å². The second kappa shape index (κ2) is 6.24. The van der Waals surface area contributed by atoms with Gasteiger partial charge in [0.25, 0.3) is 5.91 Å². The van der Waals surface area contributed by atoms with Gasteiger partial charge in [-0.05, 0) is 45.2 Å². The van der Waals surface area contributed by atoms with Gasteiger partial charge in [0.15, 0.2) is 11.5 Å². The second-order valence-corrected chi connectivity index (χ2v) is 6.84. The van der Waals surface area contributed by atoms with Crippen molar-refractivity contribution in [3.63, 3.8) is 0 Å². The lowest BCUT2D eigenvalue weighted by Gasteiger charge is -2.38. The normalized spacial score (nSPS) is 21.9. The molecular weight excluding hydrogens is 344 g/mol. The van der Waals surface area contributed by atoms with E-state index in [1.807, 2.05) is 29.2 Å². The quantitative estimate of drug-likeness (QED) is 0.789. The van der Waals surface area contributed by atoms with Crippen LogP contribution in [0.5, 0.6) is 0 Å². The highest BCUT2D eigenvalue weighted by Gasteiger charge is 2.31. The maximum atomic E-state index is 12.7. The van der Waals surface area contributed by atoms with Crippen molar-refractivity contribution in [2.75, 3.05) is 0 Å². The van der Waals surface area contributed by atoms with Gasteiger partial charge in [0.05, 0.1) is 0 Å². The minimum Gasteiger partial charge on any atom is -0.355 e. The Balaban J connectivity index is 1.83. The molecule has 1 aliphatic heterocycles. The summed E-state index contributed by atoms with van der Waals surface area (Å²) in [6.07, 6.45) is 3.27. The third-order valence-corrected chi connectivity index (χ3v) is 4.81. The fraction of sp³-hybridized carbons (Fsp3) is 0.412. The summed E-state index contributed by atoms with van der Waals surface area (Å²) in [5.74, 6) is 0.583. The van der Waals surface area contributed by atoms with Crippen LogP contribution in [0.3, 0.4) is 0 Å². The summed E-state index contributed by atoms with van der Waals surface area (Å²) in [6, 6.07) is 9.99. The SMILES string of the molecule is CC1CCCC(C)N1C(=O)c1cc(-c2ccc(Br)cc2)on1. The molecule has 1 aromatic heterocycles. The minimum absolute atomic E-state index is 0.0354. The number of benzene rings is 1. The molecule has 2 aromatic rings. The summed E-state index contributed by atoms with van der Waals surface area (Å²) in [4.78, 5) is 14.7. The Labute approximate surface area is 138 Å². The molecule has 1 saturated heterocycles. The highest BCUT2D eigenvalue weighted by molar-refractivity contribution is 9.10. The molecule has 4 nitrogen and oxygen atoms in total. The van der Waals surface area contributed by atoms with E-state index in [0.29, 0.717) is 11.5 Å². The van der Waals surface area contributed by atoms with Crippen LogP contribution in [-0.2, 0) is 0 Å². The Hall–Kier alpha value is -1.62. The molecule has 1 aliphatic rings. The van der Waals surface area contributed by atoms with Gasteiger partial charge >= 0.3 is 0 Å². The molecule has 2 unspecified atom stereocenters. The Bertz CT molecular complexity index is 656. The number of piperidine rings is 1. The van der Waals surface area contributed by atoms with Crippen molar-refractivity contribution in [3.8, 4) is 11.3 Å². The molecule has 2 atom stereocenters. The molecule has 0 N–H and O–H groups in total. The van der Waals surface area contributed by atoms with Gasteiger partial charge in [-0.25, -0.2) is 0 Å². The van der Waals surface area contributed by atoms with E-state index in [2.05, 4.69) is 34.9 Å². The van der Waals surface area contributed by atoms with Gasteiger partial charge in [-0.1, -0.05) is 33.2 Å². The first kappa shape index (κ1) is 15.3. The number of aromatic nitrogens is 1. The maximum Gasteiger partial charge on any atom is 0.276 e. The maximum absolute atomic E-state index is 12.7. The van der Waals surface area contributed by atoms with Crippen LogP contribution in [0.25, 0.3) is 11.3 Å². The average Bonchev–Trinajstić information content (AvgIpc) is 2.97. The Kier molecular flexibility index (Phi) is 4.34. The Morgan fingerprint density at radius 3 is 2.50 bits per heavy atom. The van der Waals surface area contributed by atoms with Gasteiger partial charge in [0.2, 0.25) is 0 Å². The highest BCUT2D eigenvalue weighted by atomic mass is 79.9. The monoisotopic (exact) mass is 362 g/mol.